The molecular formula is C9H12ClN3O2S2. The van der Waals surface area contributed by atoms with Gasteiger partial charge in [0, 0.05) is 17.7 Å². The van der Waals surface area contributed by atoms with E-state index >= 15 is 0 Å². The number of thioether (sulfide) groups is 1. The molecule has 0 fully saturated rings. The number of aliphatic imine (C=N–C) groups is 1. The number of hydrogen-bond acceptors (Lipinski definition) is 6. The maximum Gasteiger partial charge on any atom is 0.332 e. The molecule has 1 aliphatic rings. The van der Waals surface area contributed by atoms with Crippen LogP contribution in [0, 0.1) is 0 Å². The van der Waals surface area contributed by atoms with Crippen LogP contribution in [-0.4, -0.2) is 32.4 Å². The summed E-state index contributed by atoms with van der Waals surface area (Å²) in [4.78, 5) is 19.5. The zero-order valence-corrected chi connectivity index (χ0v) is 11.5. The number of aromatic nitrogens is 1. The molecule has 0 saturated heterocycles. The Morgan fingerprint density at radius 2 is 2.41 bits per heavy atom. The molecule has 5 nitrogen and oxygen atoms in total. The molecule has 0 radical (unpaired) electrons. The Labute approximate surface area is 113 Å². The second-order valence-corrected chi connectivity index (χ2v) is 5.52. The van der Waals surface area contributed by atoms with Crippen LogP contribution in [0.2, 0.25) is 0 Å². The van der Waals surface area contributed by atoms with Gasteiger partial charge in [-0.1, -0.05) is 0 Å². The maximum absolute atomic E-state index is 11.0. The Balaban J connectivity index is 0.00000144. The quantitative estimate of drug-likeness (QED) is 0.878. The van der Waals surface area contributed by atoms with Crippen LogP contribution in [-0.2, 0) is 11.3 Å². The molecule has 3 N–H and O–H groups in total. The molecule has 1 aromatic heterocycles. The van der Waals surface area contributed by atoms with Crippen molar-refractivity contribution in [2.75, 3.05) is 5.75 Å². The van der Waals surface area contributed by atoms with Gasteiger partial charge in [0.05, 0.1) is 0 Å². The highest BCUT2D eigenvalue weighted by Gasteiger charge is 2.38. The summed E-state index contributed by atoms with van der Waals surface area (Å²) in [6.45, 7) is 2.02. The molecule has 2 rings (SSSR count). The number of nitrogens with two attached hydrogens (primary N) is 1. The third kappa shape index (κ3) is 2.79. The molecule has 0 spiro atoms. The van der Waals surface area contributed by atoms with Crippen molar-refractivity contribution >= 4 is 46.5 Å². The number of carboxylic acids is 1. The van der Waals surface area contributed by atoms with Crippen molar-refractivity contribution in [2.24, 2.45) is 10.7 Å². The van der Waals surface area contributed by atoms with Crippen molar-refractivity contribution in [3.05, 3.63) is 16.1 Å². The molecule has 94 valence electrons. The van der Waals surface area contributed by atoms with Crippen molar-refractivity contribution in [3.63, 3.8) is 0 Å². The third-order valence-corrected chi connectivity index (χ3v) is 4.40. The summed E-state index contributed by atoms with van der Waals surface area (Å²) in [7, 11) is 0. The molecule has 1 aliphatic heterocycles. The first-order valence-electron chi connectivity index (χ1n) is 4.66. The molecule has 17 heavy (non-hydrogen) atoms. The van der Waals surface area contributed by atoms with E-state index < -0.39 is 11.5 Å². The standard InChI is InChI=1S/C9H11N3O2S2.ClH/c1-9(8(13)14)4-16-7(12-9)5-3-15-6(2-10)11-5;/h3H,2,4,10H2,1H3,(H,13,14);1H/t9-;/m0./s1. The molecule has 0 aromatic carbocycles. The second kappa shape index (κ2) is 5.34. The topological polar surface area (TPSA) is 88.6 Å². The Morgan fingerprint density at radius 3 is 2.88 bits per heavy atom. The monoisotopic (exact) mass is 293 g/mol. The van der Waals surface area contributed by atoms with Gasteiger partial charge in [-0.05, 0) is 6.92 Å². The minimum absolute atomic E-state index is 0. The summed E-state index contributed by atoms with van der Waals surface area (Å²) in [6, 6.07) is 0. The van der Waals surface area contributed by atoms with Crippen LogP contribution in [0.4, 0.5) is 0 Å². The van der Waals surface area contributed by atoms with Gasteiger partial charge < -0.3 is 10.8 Å². The highest BCUT2D eigenvalue weighted by atomic mass is 35.5. The normalized spacial score (nSPS) is 23.1. The lowest BCUT2D eigenvalue weighted by Gasteiger charge is -2.11. The summed E-state index contributed by atoms with van der Waals surface area (Å²) >= 11 is 2.89. The minimum atomic E-state index is -1.02. The predicted molar refractivity (Wildman–Crippen MR) is 72.3 cm³/mol. The van der Waals surface area contributed by atoms with Crippen molar-refractivity contribution in [2.45, 2.75) is 19.0 Å². The Morgan fingerprint density at radius 1 is 1.71 bits per heavy atom. The van der Waals surface area contributed by atoms with Crippen molar-refractivity contribution in [1.82, 2.24) is 4.98 Å². The first kappa shape index (κ1) is 14.4. The molecule has 0 amide bonds. The van der Waals surface area contributed by atoms with Crippen molar-refractivity contribution < 1.29 is 9.90 Å². The Bertz CT molecular complexity index is 463. The van der Waals surface area contributed by atoms with Gasteiger partial charge in [0.15, 0.2) is 5.54 Å². The maximum atomic E-state index is 11.0. The minimum Gasteiger partial charge on any atom is -0.479 e. The van der Waals surface area contributed by atoms with Crippen molar-refractivity contribution in [1.29, 1.82) is 0 Å². The zero-order valence-electron chi connectivity index (χ0n) is 9.04. The van der Waals surface area contributed by atoms with Crippen LogP contribution in [0.25, 0.3) is 0 Å². The highest BCUT2D eigenvalue weighted by Crippen LogP contribution is 2.31. The van der Waals surface area contributed by atoms with E-state index in [9.17, 15) is 4.79 Å². The molecule has 8 heteroatoms. The van der Waals surface area contributed by atoms with E-state index in [1.807, 2.05) is 5.38 Å². The van der Waals surface area contributed by atoms with Crippen LogP contribution in [0.3, 0.4) is 0 Å². The largest absolute Gasteiger partial charge is 0.479 e. The molecule has 1 atom stereocenters. The smallest absolute Gasteiger partial charge is 0.332 e. The average Bonchev–Trinajstić information content (AvgIpc) is 2.84. The highest BCUT2D eigenvalue weighted by molar-refractivity contribution is 8.14. The lowest BCUT2D eigenvalue weighted by atomic mass is 10.1. The fourth-order valence-electron chi connectivity index (χ4n) is 1.24. The molecule has 0 bridgehead atoms. The number of carboxylic acid groups (broad SMARTS) is 1. The van der Waals surface area contributed by atoms with E-state index in [2.05, 4.69) is 9.98 Å². The summed E-state index contributed by atoms with van der Waals surface area (Å²) in [6.07, 6.45) is 0. The number of hydrogen-bond donors (Lipinski definition) is 2. The number of rotatable bonds is 3. The van der Waals surface area contributed by atoms with Crippen molar-refractivity contribution in [3.8, 4) is 0 Å². The SMILES string of the molecule is C[C@@]1(C(=O)O)CSC(c2csc(CN)n2)=N1.Cl. The van der Waals surface area contributed by atoms with E-state index in [4.69, 9.17) is 10.8 Å². The van der Waals surface area contributed by atoms with E-state index in [1.54, 1.807) is 6.92 Å². The number of thiazole rings is 1. The molecule has 0 unspecified atom stereocenters. The van der Waals surface area contributed by atoms with E-state index in [-0.39, 0.29) is 12.4 Å². The molecular weight excluding hydrogens is 282 g/mol. The predicted octanol–water partition coefficient (Wildman–Crippen LogP) is 1.36. The van der Waals surface area contributed by atoms with Crippen LogP contribution >= 0.6 is 35.5 Å². The van der Waals surface area contributed by atoms with Gasteiger partial charge >= 0.3 is 5.97 Å². The van der Waals surface area contributed by atoms with E-state index in [0.29, 0.717) is 17.3 Å². The van der Waals surface area contributed by atoms with Gasteiger partial charge in [-0.15, -0.1) is 35.5 Å². The number of aliphatic carboxylic acids is 1. The molecule has 0 saturated carbocycles. The fraction of sp³-hybridized carbons (Fsp3) is 0.444. The van der Waals surface area contributed by atoms with Gasteiger partial charge in [0.2, 0.25) is 0 Å². The first-order chi connectivity index (χ1) is 7.55. The summed E-state index contributed by atoms with van der Waals surface area (Å²) in [5.41, 5.74) is 5.19. The van der Waals surface area contributed by atoms with E-state index in [1.165, 1.54) is 23.1 Å². The average molecular weight is 294 g/mol. The van der Waals surface area contributed by atoms with Crippen LogP contribution in [0.15, 0.2) is 10.4 Å². The summed E-state index contributed by atoms with van der Waals surface area (Å²) in [5.74, 6) is -0.447. The van der Waals surface area contributed by atoms with Gasteiger partial charge in [0.1, 0.15) is 15.7 Å². The van der Waals surface area contributed by atoms with E-state index in [0.717, 1.165) is 10.7 Å². The molecule has 2 heterocycles. The second-order valence-electron chi connectivity index (χ2n) is 3.62. The van der Waals surface area contributed by atoms with Crippen LogP contribution < -0.4 is 5.73 Å². The first-order valence-corrected chi connectivity index (χ1v) is 6.52. The van der Waals surface area contributed by atoms with Crippen LogP contribution in [0.1, 0.15) is 17.6 Å². The van der Waals surface area contributed by atoms with Crippen LogP contribution in [0.5, 0.6) is 0 Å². The zero-order chi connectivity index (χ0) is 11.8. The lowest BCUT2D eigenvalue weighted by Crippen LogP contribution is -2.33. The summed E-state index contributed by atoms with van der Waals surface area (Å²) < 4.78 is 0. The van der Waals surface area contributed by atoms with Gasteiger partial charge in [-0.2, -0.15) is 0 Å². The molecule has 1 aromatic rings. The number of halogens is 1. The number of nitrogens with zero attached hydrogens (tertiary/aromatic N) is 2. The van der Waals surface area contributed by atoms with Gasteiger partial charge in [0.25, 0.3) is 0 Å². The van der Waals surface area contributed by atoms with Gasteiger partial charge in [-0.3, -0.25) is 4.99 Å². The number of carbonyl (C=O) groups is 1. The Kier molecular flexibility index (Phi) is 4.54. The third-order valence-electron chi connectivity index (χ3n) is 2.24. The Hall–Kier alpha value is -0.630. The van der Waals surface area contributed by atoms with Gasteiger partial charge in [-0.25, -0.2) is 9.78 Å². The fourth-order valence-corrected chi connectivity index (χ4v) is 3.10. The lowest BCUT2D eigenvalue weighted by molar-refractivity contribution is -0.141. The summed E-state index contributed by atoms with van der Waals surface area (Å²) in [5, 5.41) is 12.4. The molecule has 0 aliphatic carbocycles.